The van der Waals surface area contributed by atoms with Crippen molar-refractivity contribution >= 4 is 11.3 Å². The van der Waals surface area contributed by atoms with Gasteiger partial charge in [0.05, 0.1) is 0 Å². The van der Waals surface area contributed by atoms with Crippen LogP contribution in [0.2, 0.25) is 0 Å². The highest BCUT2D eigenvalue weighted by atomic mass is 32.1. The molecule has 1 aromatic carbocycles. The first kappa shape index (κ1) is 12.9. The van der Waals surface area contributed by atoms with Crippen LogP contribution in [0.25, 0.3) is 0 Å². The van der Waals surface area contributed by atoms with E-state index in [-0.39, 0.29) is 0 Å². The Morgan fingerprint density at radius 2 is 1.84 bits per heavy atom. The van der Waals surface area contributed by atoms with Gasteiger partial charge < -0.3 is 5.32 Å². The highest BCUT2D eigenvalue weighted by Crippen LogP contribution is 2.21. The van der Waals surface area contributed by atoms with E-state index in [0.717, 1.165) is 39.1 Å². The van der Waals surface area contributed by atoms with Gasteiger partial charge in [-0.2, -0.15) is 11.3 Å². The fourth-order valence-electron chi connectivity index (χ4n) is 2.59. The topological polar surface area (TPSA) is 15.3 Å². The number of thiophene rings is 1. The summed E-state index contributed by atoms with van der Waals surface area (Å²) < 4.78 is 0. The third kappa shape index (κ3) is 3.44. The van der Waals surface area contributed by atoms with E-state index in [1.165, 1.54) is 16.7 Å². The fourth-order valence-corrected chi connectivity index (χ4v) is 3.29. The molecule has 0 fully saturated rings. The molecule has 1 aromatic heterocycles. The number of hydrogen-bond acceptors (Lipinski definition) is 3. The molecule has 0 spiro atoms. The maximum Gasteiger partial charge on any atom is 0.0241 e. The van der Waals surface area contributed by atoms with Gasteiger partial charge in [-0.1, -0.05) is 24.3 Å². The molecule has 0 atom stereocenters. The van der Waals surface area contributed by atoms with Crippen LogP contribution in [0.5, 0.6) is 0 Å². The first-order valence-corrected chi connectivity index (χ1v) is 7.87. The maximum atomic E-state index is 3.54. The van der Waals surface area contributed by atoms with E-state index >= 15 is 0 Å². The molecule has 1 aliphatic rings. The van der Waals surface area contributed by atoms with Crippen LogP contribution in [0, 0.1) is 0 Å². The minimum atomic E-state index is 1.08. The van der Waals surface area contributed by atoms with Gasteiger partial charge in [0.15, 0.2) is 0 Å². The summed E-state index contributed by atoms with van der Waals surface area (Å²) in [4.78, 5) is 2.52. The normalized spacial score (nSPS) is 14.7. The lowest BCUT2D eigenvalue weighted by atomic mass is 10.1. The number of hydrogen-bond donors (Lipinski definition) is 1. The largest absolute Gasteiger partial charge is 0.315 e. The lowest BCUT2D eigenvalue weighted by Gasteiger charge is -2.14. The van der Waals surface area contributed by atoms with Gasteiger partial charge in [0, 0.05) is 26.2 Å². The Morgan fingerprint density at radius 1 is 1.05 bits per heavy atom. The summed E-state index contributed by atoms with van der Waals surface area (Å²) >= 11 is 1.78. The van der Waals surface area contributed by atoms with E-state index < -0.39 is 0 Å². The Labute approximate surface area is 119 Å². The Morgan fingerprint density at radius 3 is 2.53 bits per heavy atom. The summed E-state index contributed by atoms with van der Waals surface area (Å²) in [5.74, 6) is 0. The van der Waals surface area contributed by atoms with Crippen LogP contribution in [-0.2, 0) is 19.5 Å². The molecule has 100 valence electrons. The predicted octanol–water partition coefficient (Wildman–Crippen LogP) is 2.90. The van der Waals surface area contributed by atoms with Gasteiger partial charge in [-0.25, -0.2) is 0 Å². The third-order valence-electron chi connectivity index (χ3n) is 3.68. The van der Waals surface area contributed by atoms with Crippen molar-refractivity contribution < 1.29 is 0 Å². The quantitative estimate of drug-likeness (QED) is 0.814. The lowest BCUT2D eigenvalue weighted by Crippen LogP contribution is -2.29. The van der Waals surface area contributed by atoms with Crippen molar-refractivity contribution in [1.82, 2.24) is 10.2 Å². The Hall–Kier alpha value is -1.16. The molecule has 0 saturated heterocycles. The zero-order chi connectivity index (χ0) is 12.9. The van der Waals surface area contributed by atoms with Crippen molar-refractivity contribution in [1.29, 1.82) is 0 Å². The number of fused-ring (bicyclic) bond motifs is 1. The molecule has 0 amide bonds. The summed E-state index contributed by atoms with van der Waals surface area (Å²) in [7, 11) is 0. The lowest BCUT2D eigenvalue weighted by molar-refractivity contribution is 0.283. The molecule has 0 saturated carbocycles. The number of nitrogens with one attached hydrogen (secondary N) is 1. The average Bonchev–Trinajstić information content (AvgIpc) is 3.06. The van der Waals surface area contributed by atoms with E-state index in [4.69, 9.17) is 0 Å². The Kier molecular flexibility index (Phi) is 4.28. The minimum absolute atomic E-state index is 1.08. The van der Waals surface area contributed by atoms with Crippen molar-refractivity contribution in [2.45, 2.75) is 19.5 Å². The molecule has 2 nitrogen and oxygen atoms in total. The van der Waals surface area contributed by atoms with Crippen LogP contribution in [0.4, 0.5) is 0 Å². The SMILES string of the molecule is c1ccc2c(c1)CN(CCNCCc1ccsc1)C2. The summed E-state index contributed by atoms with van der Waals surface area (Å²) in [6, 6.07) is 11.0. The second kappa shape index (κ2) is 6.33. The van der Waals surface area contributed by atoms with Crippen molar-refractivity contribution in [2.75, 3.05) is 19.6 Å². The standard InChI is InChI=1S/C16H20N2S/c1-2-4-16-12-18(11-15(16)3-1)9-8-17-7-5-14-6-10-19-13-14/h1-4,6,10,13,17H,5,7-9,11-12H2. The van der Waals surface area contributed by atoms with Gasteiger partial charge in [-0.15, -0.1) is 0 Å². The second-order valence-electron chi connectivity index (χ2n) is 5.11. The van der Waals surface area contributed by atoms with Gasteiger partial charge >= 0.3 is 0 Å². The summed E-state index contributed by atoms with van der Waals surface area (Å²) in [5.41, 5.74) is 4.45. The Balaban J connectivity index is 1.34. The second-order valence-corrected chi connectivity index (χ2v) is 5.89. The van der Waals surface area contributed by atoms with Gasteiger partial charge in [0.2, 0.25) is 0 Å². The van der Waals surface area contributed by atoms with E-state index in [9.17, 15) is 0 Å². The summed E-state index contributed by atoms with van der Waals surface area (Å²) in [6.45, 7) is 5.53. The van der Waals surface area contributed by atoms with Crippen molar-refractivity contribution in [2.24, 2.45) is 0 Å². The van der Waals surface area contributed by atoms with E-state index in [0.29, 0.717) is 0 Å². The number of nitrogens with zero attached hydrogens (tertiary/aromatic N) is 1. The summed E-state index contributed by atoms with van der Waals surface area (Å²) in [6.07, 6.45) is 1.14. The highest BCUT2D eigenvalue weighted by Gasteiger charge is 2.16. The molecule has 3 rings (SSSR count). The van der Waals surface area contributed by atoms with Crippen LogP contribution in [0.1, 0.15) is 16.7 Å². The molecule has 0 bridgehead atoms. The first-order valence-electron chi connectivity index (χ1n) is 6.93. The predicted molar refractivity (Wildman–Crippen MR) is 81.4 cm³/mol. The zero-order valence-corrected chi connectivity index (χ0v) is 12.0. The highest BCUT2D eigenvalue weighted by molar-refractivity contribution is 7.07. The molecule has 1 aliphatic heterocycles. The van der Waals surface area contributed by atoms with Crippen LogP contribution in [-0.4, -0.2) is 24.5 Å². The molecule has 0 unspecified atom stereocenters. The smallest absolute Gasteiger partial charge is 0.0241 e. The molecular weight excluding hydrogens is 252 g/mol. The molecule has 0 radical (unpaired) electrons. The molecule has 1 N–H and O–H groups in total. The van der Waals surface area contributed by atoms with E-state index in [2.05, 4.69) is 51.3 Å². The van der Waals surface area contributed by atoms with E-state index in [1.54, 1.807) is 11.3 Å². The average molecular weight is 272 g/mol. The van der Waals surface area contributed by atoms with Crippen molar-refractivity contribution in [3.05, 3.63) is 57.8 Å². The molecule has 2 aromatic rings. The monoisotopic (exact) mass is 272 g/mol. The molecular formula is C16H20N2S. The van der Waals surface area contributed by atoms with Gasteiger partial charge in [-0.05, 0) is 46.5 Å². The molecule has 3 heteroatoms. The van der Waals surface area contributed by atoms with Crippen LogP contribution in [0.3, 0.4) is 0 Å². The van der Waals surface area contributed by atoms with Gasteiger partial charge in [-0.3, -0.25) is 4.90 Å². The Bertz CT molecular complexity index is 482. The summed E-state index contributed by atoms with van der Waals surface area (Å²) in [5, 5.41) is 7.92. The van der Waals surface area contributed by atoms with Crippen molar-refractivity contribution in [3.8, 4) is 0 Å². The maximum absolute atomic E-state index is 3.54. The molecule has 0 aliphatic carbocycles. The first-order chi connectivity index (χ1) is 9.42. The molecule has 19 heavy (non-hydrogen) atoms. The fraction of sp³-hybridized carbons (Fsp3) is 0.375. The number of benzene rings is 1. The van der Waals surface area contributed by atoms with Crippen molar-refractivity contribution in [3.63, 3.8) is 0 Å². The third-order valence-corrected chi connectivity index (χ3v) is 4.41. The van der Waals surface area contributed by atoms with E-state index in [1.807, 2.05) is 0 Å². The molecule has 2 heterocycles. The van der Waals surface area contributed by atoms with Gasteiger partial charge in [0.25, 0.3) is 0 Å². The van der Waals surface area contributed by atoms with Gasteiger partial charge in [0.1, 0.15) is 0 Å². The van der Waals surface area contributed by atoms with Crippen LogP contribution in [0.15, 0.2) is 41.1 Å². The van der Waals surface area contributed by atoms with Crippen LogP contribution < -0.4 is 5.32 Å². The minimum Gasteiger partial charge on any atom is -0.315 e. The number of rotatable bonds is 6. The zero-order valence-electron chi connectivity index (χ0n) is 11.1. The van der Waals surface area contributed by atoms with Crippen LogP contribution >= 0.6 is 11.3 Å².